The largest absolute Gasteiger partial charge is 0.340 e. The summed E-state index contributed by atoms with van der Waals surface area (Å²) in [5.74, 6) is 0.288. The molecule has 0 aromatic rings. The fourth-order valence-corrected chi connectivity index (χ4v) is 4.32. The van der Waals surface area contributed by atoms with Crippen LogP contribution in [0.3, 0.4) is 0 Å². The Kier molecular flexibility index (Phi) is 12.9. The van der Waals surface area contributed by atoms with Crippen molar-refractivity contribution in [3.63, 3.8) is 0 Å². The van der Waals surface area contributed by atoms with Crippen LogP contribution in [-0.4, -0.2) is 104 Å². The maximum Gasteiger partial charge on any atom is 0.325 e. The molecule has 0 aromatic heterocycles. The number of imide groups is 1. The molecule has 0 aliphatic carbocycles. The molecule has 4 aliphatic rings. The molecule has 4 heterocycles. The second-order valence-electron chi connectivity index (χ2n) is 11.8. The molecule has 0 bridgehead atoms. The summed E-state index contributed by atoms with van der Waals surface area (Å²) < 4.78 is 0. The smallest absolute Gasteiger partial charge is 0.325 e. The van der Waals surface area contributed by atoms with Gasteiger partial charge in [-0.3, -0.25) is 28.9 Å². The van der Waals surface area contributed by atoms with Crippen LogP contribution in [0.4, 0.5) is 4.79 Å². The topological polar surface area (TPSA) is 140 Å². The predicted octanol–water partition coefficient (Wildman–Crippen LogP) is 2.55. The summed E-state index contributed by atoms with van der Waals surface area (Å²) in [6.07, 6.45) is 4.04. The van der Waals surface area contributed by atoms with Gasteiger partial charge in [-0.2, -0.15) is 5.10 Å². The molecule has 226 valence electrons. The van der Waals surface area contributed by atoms with E-state index in [1.807, 2.05) is 46.4 Å². The average molecular weight is 565 g/mol. The Morgan fingerprint density at radius 2 is 1.35 bits per heavy atom. The van der Waals surface area contributed by atoms with Gasteiger partial charge in [0.2, 0.25) is 17.7 Å². The number of ketones is 1. The van der Waals surface area contributed by atoms with E-state index in [-0.39, 0.29) is 54.1 Å². The quantitative estimate of drug-likeness (QED) is 0.411. The molecule has 0 saturated carbocycles. The highest BCUT2D eigenvalue weighted by atomic mass is 16.2. The Balaban J connectivity index is 0.000000269. The minimum absolute atomic E-state index is 0.0278. The first-order chi connectivity index (χ1) is 18.4. The van der Waals surface area contributed by atoms with Crippen LogP contribution in [0, 0.1) is 0 Å². The van der Waals surface area contributed by atoms with Crippen molar-refractivity contribution in [2.75, 3.05) is 13.1 Å². The number of Topliss-reactive ketones (excluding diaryl/α,β-unsaturated/α-hetero) is 1. The maximum atomic E-state index is 11.5. The Morgan fingerprint density at radius 1 is 0.775 bits per heavy atom. The van der Waals surface area contributed by atoms with E-state index in [9.17, 15) is 28.8 Å². The summed E-state index contributed by atoms with van der Waals surface area (Å²) in [5.41, 5.74) is -0.735. The number of nitrogens with one attached hydrogen (secondary N) is 1. The molecule has 6 amide bonds. The lowest BCUT2D eigenvalue weighted by Gasteiger charge is -2.19. The fraction of sp³-hybridized carbons (Fsp3) is 0.750. The van der Waals surface area contributed by atoms with E-state index < -0.39 is 5.54 Å². The second kappa shape index (κ2) is 14.9. The van der Waals surface area contributed by atoms with Gasteiger partial charge < -0.3 is 15.1 Å². The molecule has 0 unspecified atom stereocenters. The van der Waals surface area contributed by atoms with Gasteiger partial charge in [0.05, 0.1) is 19.4 Å². The number of likely N-dealkylation sites (tertiary alicyclic amines) is 2. The first kappa shape index (κ1) is 34.7. The zero-order valence-corrected chi connectivity index (χ0v) is 25.8. The van der Waals surface area contributed by atoms with Crippen LogP contribution >= 0.6 is 0 Å². The van der Waals surface area contributed by atoms with E-state index in [0.717, 1.165) is 19.4 Å². The van der Waals surface area contributed by atoms with Crippen LogP contribution in [0.1, 0.15) is 94.9 Å². The molecule has 12 heteroatoms. The zero-order valence-electron chi connectivity index (χ0n) is 25.8. The molecule has 4 rings (SSSR count). The van der Waals surface area contributed by atoms with Crippen molar-refractivity contribution >= 4 is 41.7 Å². The van der Waals surface area contributed by atoms with E-state index in [0.29, 0.717) is 24.9 Å². The number of hydrogen-bond donors (Lipinski definition) is 1. The molecular formula is C28H48N6O6. The molecule has 1 N–H and O–H groups in total. The van der Waals surface area contributed by atoms with E-state index in [1.165, 1.54) is 9.91 Å². The van der Waals surface area contributed by atoms with Crippen LogP contribution < -0.4 is 5.32 Å². The third-order valence-corrected chi connectivity index (χ3v) is 6.50. The van der Waals surface area contributed by atoms with Gasteiger partial charge in [-0.05, 0) is 75.7 Å². The van der Waals surface area contributed by atoms with Crippen molar-refractivity contribution in [1.29, 1.82) is 0 Å². The molecule has 3 saturated heterocycles. The van der Waals surface area contributed by atoms with Gasteiger partial charge in [0.25, 0.3) is 5.91 Å². The van der Waals surface area contributed by atoms with Crippen molar-refractivity contribution < 1.29 is 28.8 Å². The number of carbonyl (C=O) groups is 6. The Bertz CT molecular complexity index is 986. The number of rotatable bonds is 4. The monoisotopic (exact) mass is 564 g/mol. The van der Waals surface area contributed by atoms with E-state index in [1.54, 1.807) is 25.0 Å². The van der Waals surface area contributed by atoms with Gasteiger partial charge in [0.1, 0.15) is 5.54 Å². The SMILES string of the molecule is CC(C)N1C(=O)NC(C)(C)C1=O.CC(C)N1CC(=O)CC1=O.CC(C)N1CCCC1=O.CC(C)N1N=CCC1=O. The predicted molar refractivity (Wildman–Crippen MR) is 152 cm³/mol. The van der Waals surface area contributed by atoms with E-state index in [2.05, 4.69) is 24.3 Å². The molecule has 0 radical (unpaired) electrons. The summed E-state index contributed by atoms with van der Waals surface area (Å²) in [4.78, 5) is 70.9. The van der Waals surface area contributed by atoms with Gasteiger partial charge >= 0.3 is 6.03 Å². The van der Waals surface area contributed by atoms with E-state index in [4.69, 9.17) is 0 Å². The average Bonchev–Trinajstić information content (AvgIpc) is 3.57. The number of urea groups is 1. The first-order valence-electron chi connectivity index (χ1n) is 14.0. The van der Waals surface area contributed by atoms with Gasteiger partial charge in [0, 0.05) is 43.3 Å². The molecule has 0 spiro atoms. The third-order valence-electron chi connectivity index (χ3n) is 6.50. The number of hydrogen-bond acceptors (Lipinski definition) is 7. The highest BCUT2D eigenvalue weighted by Gasteiger charge is 2.45. The van der Waals surface area contributed by atoms with Crippen molar-refractivity contribution in [3.05, 3.63) is 0 Å². The Hall–Kier alpha value is -3.31. The summed E-state index contributed by atoms with van der Waals surface area (Å²) in [6.45, 7) is 20.2. The van der Waals surface area contributed by atoms with Crippen molar-refractivity contribution in [3.8, 4) is 0 Å². The summed E-state index contributed by atoms with van der Waals surface area (Å²) in [6, 6.07) is 0.412. The fourth-order valence-electron chi connectivity index (χ4n) is 4.32. The number of carbonyl (C=O) groups excluding carboxylic acids is 6. The van der Waals surface area contributed by atoms with Crippen LogP contribution in [0.15, 0.2) is 5.10 Å². The lowest BCUT2D eigenvalue weighted by atomic mass is 10.1. The van der Waals surface area contributed by atoms with Gasteiger partial charge in [-0.25, -0.2) is 9.80 Å². The second-order valence-corrected chi connectivity index (χ2v) is 11.8. The highest BCUT2D eigenvalue weighted by molar-refractivity contribution is 6.07. The third kappa shape index (κ3) is 9.71. The molecule has 0 atom stereocenters. The van der Waals surface area contributed by atoms with Gasteiger partial charge in [-0.1, -0.05) is 0 Å². The van der Waals surface area contributed by atoms with Crippen molar-refractivity contribution in [1.82, 2.24) is 25.0 Å². The van der Waals surface area contributed by atoms with Crippen LogP contribution in [0.25, 0.3) is 0 Å². The minimum atomic E-state index is -0.735. The lowest BCUT2D eigenvalue weighted by Crippen LogP contribution is -2.41. The van der Waals surface area contributed by atoms with E-state index >= 15 is 0 Å². The standard InChI is InChI=1S/C8H14N2O2.C7H11NO2.C7H13NO.C6H10N2O/c1-5(2)10-6(11)8(3,4)9-7(10)12;1-5(2)8-4-6(9)3-7(8)10;1-6(2)8-5-3-4-7(8)9;1-5(2)8-6(9)3-4-7-8/h5H,1-4H3,(H,9,12);5H,3-4H2,1-2H3;6H,3-5H2,1-2H3;4-5H,3H2,1-2H3. The number of nitrogens with zero attached hydrogens (tertiary/aromatic N) is 5. The maximum absolute atomic E-state index is 11.5. The number of amides is 6. The molecule has 0 aromatic carbocycles. The molecule has 3 fully saturated rings. The van der Waals surface area contributed by atoms with Crippen LogP contribution in [-0.2, 0) is 24.0 Å². The Labute approximate surface area is 238 Å². The summed E-state index contributed by atoms with van der Waals surface area (Å²) in [5, 5.41) is 7.99. The van der Waals surface area contributed by atoms with Crippen LogP contribution in [0.5, 0.6) is 0 Å². The van der Waals surface area contributed by atoms with Crippen molar-refractivity contribution in [2.45, 2.75) is 125 Å². The van der Waals surface area contributed by atoms with Crippen LogP contribution in [0.2, 0.25) is 0 Å². The summed E-state index contributed by atoms with van der Waals surface area (Å²) in [7, 11) is 0. The van der Waals surface area contributed by atoms with Gasteiger partial charge in [-0.15, -0.1) is 0 Å². The molecule has 12 nitrogen and oxygen atoms in total. The highest BCUT2D eigenvalue weighted by Crippen LogP contribution is 2.18. The number of hydrazone groups is 1. The Morgan fingerprint density at radius 3 is 1.55 bits per heavy atom. The molecule has 4 aliphatic heterocycles. The van der Waals surface area contributed by atoms with Crippen molar-refractivity contribution in [2.24, 2.45) is 5.10 Å². The first-order valence-corrected chi connectivity index (χ1v) is 14.0. The lowest BCUT2D eigenvalue weighted by molar-refractivity contribution is -0.131. The zero-order chi connectivity index (χ0) is 30.9. The molecular weight excluding hydrogens is 516 g/mol. The molecule has 40 heavy (non-hydrogen) atoms. The summed E-state index contributed by atoms with van der Waals surface area (Å²) >= 11 is 0. The normalized spacial score (nSPS) is 19.9. The minimum Gasteiger partial charge on any atom is -0.340 e. The van der Waals surface area contributed by atoms with Gasteiger partial charge in [0.15, 0.2) is 5.78 Å².